The summed E-state index contributed by atoms with van der Waals surface area (Å²) in [6.45, 7) is 8.28. The molecule has 1 aliphatic rings. The van der Waals surface area contributed by atoms with Crippen LogP contribution < -0.4 is 15.0 Å². The van der Waals surface area contributed by atoms with Gasteiger partial charge in [-0.25, -0.2) is 4.98 Å². The van der Waals surface area contributed by atoms with E-state index in [2.05, 4.69) is 27.1 Å². The van der Waals surface area contributed by atoms with Crippen LogP contribution in [0.2, 0.25) is 0 Å². The number of rotatable bonds is 6. The molecule has 1 N–H and O–H groups in total. The lowest BCUT2D eigenvalue weighted by atomic mass is 10.2. The fourth-order valence-electron chi connectivity index (χ4n) is 2.35. The van der Waals surface area contributed by atoms with E-state index < -0.39 is 0 Å². The second-order valence-corrected chi connectivity index (χ2v) is 4.94. The van der Waals surface area contributed by atoms with Crippen molar-refractivity contribution in [3.8, 4) is 5.88 Å². The zero-order valence-electron chi connectivity index (χ0n) is 12.6. The molecule has 6 nitrogen and oxygen atoms in total. The number of hydrogen-bond donors (Lipinski definition) is 1. The van der Waals surface area contributed by atoms with E-state index in [1.807, 2.05) is 13.0 Å². The molecular weight excluding hydrogens is 256 g/mol. The summed E-state index contributed by atoms with van der Waals surface area (Å²) in [7, 11) is 1.63. The Bertz CT molecular complexity index is 428. The van der Waals surface area contributed by atoms with Gasteiger partial charge in [-0.15, -0.1) is 0 Å². The molecule has 1 fully saturated rings. The predicted octanol–water partition coefficient (Wildman–Crippen LogP) is 0.998. The maximum absolute atomic E-state index is 5.60. The van der Waals surface area contributed by atoms with Gasteiger partial charge in [0.25, 0.3) is 0 Å². The molecule has 1 saturated heterocycles. The lowest BCUT2D eigenvalue weighted by Crippen LogP contribution is -2.51. The summed E-state index contributed by atoms with van der Waals surface area (Å²) < 4.78 is 10.8. The molecule has 0 amide bonds. The Morgan fingerprint density at radius 3 is 3.10 bits per heavy atom. The van der Waals surface area contributed by atoms with E-state index >= 15 is 0 Å². The van der Waals surface area contributed by atoms with Crippen molar-refractivity contribution in [3.05, 3.63) is 11.9 Å². The van der Waals surface area contributed by atoms with Crippen molar-refractivity contribution in [2.24, 2.45) is 0 Å². The molecule has 1 aliphatic heterocycles. The average Bonchev–Trinajstić information content (AvgIpc) is 2.47. The maximum atomic E-state index is 5.60. The van der Waals surface area contributed by atoms with E-state index in [0.717, 1.165) is 50.9 Å². The first-order valence-electron chi connectivity index (χ1n) is 7.19. The van der Waals surface area contributed by atoms with Crippen LogP contribution in [0.15, 0.2) is 6.07 Å². The summed E-state index contributed by atoms with van der Waals surface area (Å²) in [5, 5.41) is 3.45. The molecule has 6 heteroatoms. The number of morpholine rings is 1. The lowest BCUT2D eigenvalue weighted by Gasteiger charge is -2.36. The molecule has 1 aromatic heterocycles. The molecule has 1 aromatic rings. The molecular formula is C14H24N4O2. The van der Waals surface area contributed by atoms with E-state index in [1.54, 1.807) is 7.11 Å². The normalized spacial score (nSPS) is 19.1. The number of methoxy groups -OCH3 is 1. The minimum Gasteiger partial charge on any atom is -0.481 e. The van der Waals surface area contributed by atoms with Crippen molar-refractivity contribution in [1.82, 2.24) is 15.3 Å². The van der Waals surface area contributed by atoms with E-state index in [4.69, 9.17) is 9.47 Å². The number of hydrogen-bond acceptors (Lipinski definition) is 6. The molecule has 2 heterocycles. The summed E-state index contributed by atoms with van der Waals surface area (Å²) in [4.78, 5) is 11.1. The molecule has 2 rings (SSSR count). The van der Waals surface area contributed by atoms with E-state index in [-0.39, 0.29) is 0 Å². The largest absolute Gasteiger partial charge is 0.481 e. The number of aromatic nitrogens is 2. The fourth-order valence-corrected chi connectivity index (χ4v) is 2.35. The number of nitrogens with one attached hydrogen (secondary N) is 1. The van der Waals surface area contributed by atoms with Crippen molar-refractivity contribution in [1.29, 1.82) is 0 Å². The summed E-state index contributed by atoms with van der Waals surface area (Å²) in [6, 6.07) is 2.19. The van der Waals surface area contributed by atoms with Gasteiger partial charge < -0.3 is 19.7 Å². The topological polar surface area (TPSA) is 59.5 Å². The first-order chi connectivity index (χ1) is 9.74. The molecule has 1 atom stereocenters. The van der Waals surface area contributed by atoms with Gasteiger partial charge in [-0.3, -0.25) is 0 Å². The van der Waals surface area contributed by atoms with E-state index in [1.165, 1.54) is 0 Å². The van der Waals surface area contributed by atoms with Crippen molar-refractivity contribution in [2.45, 2.75) is 26.3 Å². The van der Waals surface area contributed by atoms with Crippen LogP contribution in [0.1, 0.15) is 19.2 Å². The third-order valence-electron chi connectivity index (χ3n) is 3.34. The number of nitrogens with zero attached hydrogens (tertiary/aromatic N) is 3. The van der Waals surface area contributed by atoms with Gasteiger partial charge in [0.15, 0.2) is 0 Å². The van der Waals surface area contributed by atoms with Crippen LogP contribution in [-0.4, -0.2) is 56.0 Å². The zero-order valence-corrected chi connectivity index (χ0v) is 12.6. The zero-order chi connectivity index (χ0) is 14.4. The highest BCUT2D eigenvalue weighted by atomic mass is 16.5. The minimum absolute atomic E-state index is 0.300. The van der Waals surface area contributed by atoms with Crippen LogP contribution in [0.4, 0.5) is 5.82 Å². The Morgan fingerprint density at radius 2 is 2.35 bits per heavy atom. The standard InChI is InChI=1S/C14H24N4O2/c1-4-5-15-9-12-10-20-7-6-18(12)13-8-14(19-3)17-11(2)16-13/h8,12,15H,4-7,9-10H2,1-3H3. The Hall–Kier alpha value is -1.40. The first kappa shape index (κ1) is 15.0. The van der Waals surface area contributed by atoms with Crippen molar-refractivity contribution in [2.75, 3.05) is 44.9 Å². The number of anilines is 1. The molecule has 1 unspecified atom stereocenters. The van der Waals surface area contributed by atoms with Gasteiger partial charge in [-0.2, -0.15) is 4.98 Å². The smallest absolute Gasteiger partial charge is 0.218 e. The van der Waals surface area contributed by atoms with Gasteiger partial charge >= 0.3 is 0 Å². The Balaban J connectivity index is 2.12. The number of aryl methyl sites for hydroxylation is 1. The quantitative estimate of drug-likeness (QED) is 0.785. The van der Waals surface area contributed by atoms with Gasteiger partial charge in [0.05, 0.1) is 26.4 Å². The molecule has 0 spiro atoms. The maximum Gasteiger partial charge on any atom is 0.218 e. The van der Waals surface area contributed by atoms with Crippen molar-refractivity contribution >= 4 is 5.82 Å². The molecule has 0 aliphatic carbocycles. The Morgan fingerprint density at radius 1 is 1.50 bits per heavy atom. The molecule has 20 heavy (non-hydrogen) atoms. The summed E-state index contributed by atoms with van der Waals surface area (Å²) in [6.07, 6.45) is 1.13. The van der Waals surface area contributed by atoms with Gasteiger partial charge in [0.2, 0.25) is 5.88 Å². The molecule has 0 aromatic carbocycles. The summed E-state index contributed by atoms with van der Waals surface area (Å²) in [5.74, 6) is 2.26. The highest BCUT2D eigenvalue weighted by Gasteiger charge is 2.24. The second-order valence-electron chi connectivity index (χ2n) is 4.94. The third-order valence-corrected chi connectivity index (χ3v) is 3.34. The van der Waals surface area contributed by atoms with Crippen LogP contribution in [0, 0.1) is 6.92 Å². The van der Waals surface area contributed by atoms with Crippen molar-refractivity contribution < 1.29 is 9.47 Å². The first-order valence-corrected chi connectivity index (χ1v) is 7.19. The third kappa shape index (κ3) is 3.80. The summed E-state index contributed by atoms with van der Waals surface area (Å²) >= 11 is 0. The number of ether oxygens (including phenoxy) is 2. The SMILES string of the molecule is CCCNCC1COCCN1c1cc(OC)nc(C)n1. The fraction of sp³-hybridized carbons (Fsp3) is 0.714. The van der Waals surface area contributed by atoms with Gasteiger partial charge in [0, 0.05) is 19.2 Å². The van der Waals surface area contributed by atoms with Crippen LogP contribution in [0.25, 0.3) is 0 Å². The molecule has 0 radical (unpaired) electrons. The monoisotopic (exact) mass is 280 g/mol. The lowest BCUT2D eigenvalue weighted by molar-refractivity contribution is 0.0933. The van der Waals surface area contributed by atoms with E-state index in [0.29, 0.717) is 11.9 Å². The highest BCUT2D eigenvalue weighted by molar-refractivity contribution is 5.43. The van der Waals surface area contributed by atoms with E-state index in [9.17, 15) is 0 Å². The minimum atomic E-state index is 0.300. The summed E-state index contributed by atoms with van der Waals surface area (Å²) in [5.41, 5.74) is 0. The highest BCUT2D eigenvalue weighted by Crippen LogP contribution is 2.21. The molecule has 0 bridgehead atoms. The Kier molecular flexibility index (Phi) is 5.55. The Labute approximate surface area is 120 Å². The average molecular weight is 280 g/mol. The molecule has 112 valence electrons. The van der Waals surface area contributed by atoms with Crippen molar-refractivity contribution in [3.63, 3.8) is 0 Å². The van der Waals surface area contributed by atoms with Crippen LogP contribution >= 0.6 is 0 Å². The van der Waals surface area contributed by atoms with Crippen LogP contribution in [0.3, 0.4) is 0 Å². The second kappa shape index (κ2) is 7.40. The predicted molar refractivity (Wildman–Crippen MR) is 78.4 cm³/mol. The molecule has 0 saturated carbocycles. The van der Waals surface area contributed by atoms with Gasteiger partial charge in [0.1, 0.15) is 11.6 Å². The van der Waals surface area contributed by atoms with Crippen LogP contribution in [-0.2, 0) is 4.74 Å². The van der Waals surface area contributed by atoms with Gasteiger partial charge in [-0.05, 0) is 19.9 Å². The van der Waals surface area contributed by atoms with Gasteiger partial charge in [-0.1, -0.05) is 6.92 Å². The van der Waals surface area contributed by atoms with Crippen LogP contribution in [0.5, 0.6) is 5.88 Å².